The van der Waals surface area contributed by atoms with Crippen molar-refractivity contribution in [3.8, 4) is 0 Å². The second-order valence-corrected chi connectivity index (χ2v) is 6.78. The van der Waals surface area contributed by atoms with Gasteiger partial charge in [0.2, 0.25) is 0 Å². The lowest BCUT2D eigenvalue weighted by atomic mass is 10.1. The fourth-order valence-electron chi connectivity index (χ4n) is 1.90. The Morgan fingerprint density at radius 1 is 1.29 bits per heavy atom. The third kappa shape index (κ3) is 4.19. The Bertz CT molecular complexity index is 360. The van der Waals surface area contributed by atoms with E-state index in [1.165, 1.54) is 34.1 Å². The van der Waals surface area contributed by atoms with Gasteiger partial charge in [0.1, 0.15) is 0 Å². The Balaban J connectivity index is 1.88. The number of hydrogen-bond donors (Lipinski definition) is 1. The summed E-state index contributed by atoms with van der Waals surface area (Å²) in [5, 5.41) is 3.66. The predicted molar refractivity (Wildman–Crippen MR) is 79.0 cm³/mol. The predicted octanol–water partition coefficient (Wildman–Crippen LogP) is 2.64. The molecule has 17 heavy (non-hydrogen) atoms. The van der Waals surface area contributed by atoms with Crippen molar-refractivity contribution < 1.29 is 0 Å². The topological polar surface area (TPSA) is 24.9 Å². The van der Waals surface area contributed by atoms with Gasteiger partial charge in [-0.3, -0.25) is 4.98 Å². The van der Waals surface area contributed by atoms with Gasteiger partial charge in [-0.15, -0.1) is 0 Å². The van der Waals surface area contributed by atoms with E-state index < -0.39 is 0 Å². The van der Waals surface area contributed by atoms with Gasteiger partial charge in [0.25, 0.3) is 0 Å². The van der Waals surface area contributed by atoms with Gasteiger partial charge < -0.3 is 5.32 Å². The van der Waals surface area contributed by atoms with Crippen LogP contribution in [0.15, 0.2) is 12.3 Å². The lowest BCUT2D eigenvalue weighted by Crippen LogP contribution is -2.32. The first-order valence-corrected chi connectivity index (χ1v) is 8.37. The van der Waals surface area contributed by atoms with Gasteiger partial charge in [-0.05, 0) is 31.0 Å². The van der Waals surface area contributed by atoms with Crippen LogP contribution in [-0.4, -0.2) is 34.0 Å². The number of hydrogen-bond acceptors (Lipinski definition) is 4. The molecule has 1 saturated heterocycles. The summed E-state index contributed by atoms with van der Waals surface area (Å²) in [6, 6.07) is 2.81. The van der Waals surface area contributed by atoms with Crippen LogP contribution >= 0.6 is 23.5 Å². The van der Waals surface area contributed by atoms with Crippen molar-refractivity contribution in [3.63, 3.8) is 0 Å². The van der Waals surface area contributed by atoms with Gasteiger partial charge in [-0.25, -0.2) is 0 Å². The van der Waals surface area contributed by atoms with Crippen molar-refractivity contribution in [2.45, 2.75) is 26.4 Å². The maximum atomic E-state index is 4.37. The van der Waals surface area contributed by atoms with E-state index in [-0.39, 0.29) is 0 Å². The Morgan fingerprint density at radius 2 is 2.00 bits per heavy atom. The molecule has 1 aliphatic heterocycles. The standard InChI is InChI=1S/C13H20N2S2/c1-10-5-11(2)14-6-12(10)7-15-13-8-16-3-4-17-9-13/h5-6,13,15H,3-4,7-9H2,1-2H3. The van der Waals surface area contributed by atoms with Crippen LogP contribution in [0.2, 0.25) is 0 Å². The first kappa shape index (κ1) is 13.2. The number of nitrogens with one attached hydrogen (secondary N) is 1. The number of aryl methyl sites for hydroxylation is 2. The number of aromatic nitrogens is 1. The van der Waals surface area contributed by atoms with Gasteiger partial charge in [0.15, 0.2) is 0 Å². The van der Waals surface area contributed by atoms with Crippen LogP contribution in [0.5, 0.6) is 0 Å². The molecule has 0 unspecified atom stereocenters. The quantitative estimate of drug-likeness (QED) is 0.911. The van der Waals surface area contributed by atoms with Gasteiger partial charge in [-0.2, -0.15) is 23.5 Å². The zero-order valence-corrected chi connectivity index (χ0v) is 12.2. The van der Waals surface area contributed by atoms with E-state index in [1.54, 1.807) is 0 Å². The summed E-state index contributed by atoms with van der Waals surface area (Å²) in [6.45, 7) is 5.16. The van der Waals surface area contributed by atoms with Crippen LogP contribution in [-0.2, 0) is 6.54 Å². The summed E-state index contributed by atoms with van der Waals surface area (Å²) in [5.74, 6) is 5.08. The number of thioether (sulfide) groups is 2. The van der Waals surface area contributed by atoms with E-state index in [4.69, 9.17) is 0 Å². The molecular formula is C13H20N2S2. The molecule has 2 nitrogen and oxygen atoms in total. The van der Waals surface area contributed by atoms with Gasteiger partial charge in [0, 0.05) is 47.5 Å². The van der Waals surface area contributed by atoms with E-state index in [9.17, 15) is 0 Å². The second kappa shape index (κ2) is 6.66. The summed E-state index contributed by atoms with van der Waals surface area (Å²) < 4.78 is 0. The molecule has 1 aromatic rings. The maximum absolute atomic E-state index is 4.37. The van der Waals surface area contributed by atoms with Crippen LogP contribution in [0.25, 0.3) is 0 Å². The van der Waals surface area contributed by atoms with E-state index in [2.05, 4.69) is 46.8 Å². The van der Waals surface area contributed by atoms with Crippen molar-refractivity contribution >= 4 is 23.5 Å². The molecule has 0 radical (unpaired) electrons. The smallest absolute Gasteiger partial charge is 0.0375 e. The molecule has 2 rings (SSSR count). The van der Waals surface area contributed by atoms with Crippen LogP contribution in [0.4, 0.5) is 0 Å². The van der Waals surface area contributed by atoms with Gasteiger partial charge in [0.05, 0.1) is 0 Å². The van der Waals surface area contributed by atoms with E-state index in [1.807, 2.05) is 13.1 Å². The average molecular weight is 268 g/mol. The summed E-state index contributed by atoms with van der Waals surface area (Å²) >= 11 is 4.13. The largest absolute Gasteiger partial charge is 0.308 e. The molecule has 0 amide bonds. The molecule has 0 saturated carbocycles. The number of nitrogens with zero attached hydrogens (tertiary/aromatic N) is 1. The molecule has 2 heterocycles. The zero-order chi connectivity index (χ0) is 12.1. The van der Waals surface area contributed by atoms with E-state index >= 15 is 0 Å². The highest BCUT2D eigenvalue weighted by molar-refractivity contribution is 8.03. The molecule has 0 aliphatic carbocycles. The summed E-state index contributed by atoms with van der Waals surface area (Å²) in [5.41, 5.74) is 3.78. The molecule has 0 aromatic carbocycles. The Labute approximate surface area is 112 Å². The Hall–Kier alpha value is -0.190. The van der Waals surface area contributed by atoms with Crippen molar-refractivity contribution in [1.82, 2.24) is 10.3 Å². The van der Waals surface area contributed by atoms with Crippen LogP contribution < -0.4 is 5.32 Å². The molecular weight excluding hydrogens is 248 g/mol. The maximum Gasteiger partial charge on any atom is 0.0375 e. The molecule has 94 valence electrons. The molecule has 1 aliphatic rings. The summed E-state index contributed by atoms with van der Waals surface area (Å²) in [6.07, 6.45) is 2.01. The van der Waals surface area contributed by atoms with Crippen molar-refractivity contribution in [2.75, 3.05) is 23.0 Å². The molecule has 4 heteroatoms. The lowest BCUT2D eigenvalue weighted by Gasteiger charge is -2.16. The summed E-state index contributed by atoms with van der Waals surface area (Å²) in [7, 11) is 0. The zero-order valence-electron chi connectivity index (χ0n) is 10.5. The average Bonchev–Trinajstić information content (AvgIpc) is 2.56. The second-order valence-electron chi connectivity index (χ2n) is 4.48. The Morgan fingerprint density at radius 3 is 2.65 bits per heavy atom. The van der Waals surface area contributed by atoms with Gasteiger partial charge in [-0.1, -0.05) is 0 Å². The third-order valence-electron chi connectivity index (χ3n) is 2.95. The number of rotatable bonds is 3. The number of pyridine rings is 1. The third-order valence-corrected chi connectivity index (χ3v) is 5.47. The minimum absolute atomic E-state index is 0.646. The minimum Gasteiger partial charge on any atom is -0.308 e. The van der Waals surface area contributed by atoms with Crippen molar-refractivity contribution in [3.05, 3.63) is 29.1 Å². The van der Waals surface area contributed by atoms with E-state index in [0.29, 0.717) is 6.04 Å². The molecule has 1 N–H and O–H groups in total. The fraction of sp³-hybridized carbons (Fsp3) is 0.615. The van der Waals surface area contributed by atoms with Crippen LogP contribution in [0.1, 0.15) is 16.8 Å². The van der Waals surface area contributed by atoms with Crippen molar-refractivity contribution in [1.29, 1.82) is 0 Å². The molecule has 0 atom stereocenters. The SMILES string of the molecule is Cc1cc(C)c(CNC2CSCCSC2)cn1. The highest BCUT2D eigenvalue weighted by Crippen LogP contribution is 2.17. The molecule has 1 fully saturated rings. The minimum atomic E-state index is 0.646. The highest BCUT2D eigenvalue weighted by Gasteiger charge is 2.12. The van der Waals surface area contributed by atoms with Gasteiger partial charge >= 0.3 is 0 Å². The first-order valence-electron chi connectivity index (χ1n) is 6.06. The fourth-order valence-corrected chi connectivity index (χ4v) is 4.36. The molecule has 0 spiro atoms. The van der Waals surface area contributed by atoms with Crippen LogP contribution in [0.3, 0.4) is 0 Å². The first-order chi connectivity index (χ1) is 8.25. The monoisotopic (exact) mass is 268 g/mol. The van der Waals surface area contributed by atoms with Crippen LogP contribution in [0, 0.1) is 13.8 Å². The Kier molecular flexibility index (Phi) is 5.19. The summed E-state index contributed by atoms with van der Waals surface area (Å²) in [4.78, 5) is 4.37. The molecule has 1 aromatic heterocycles. The van der Waals surface area contributed by atoms with Crippen molar-refractivity contribution in [2.24, 2.45) is 0 Å². The highest BCUT2D eigenvalue weighted by atomic mass is 32.2. The lowest BCUT2D eigenvalue weighted by molar-refractivity contribution is 0.601. The van der Waals surface area contributed by atoms with E-state index in [0.717, 1.165) is 12.2 Å². The normalized spacial score (nSPS) is 18.0. The molecule has 0 bridgehead atoms.